The fraction of sp³-hybridized carbons (Fsp3) is 0.273. The van der Waals surface area contributed by atoms with E-state index in [-0.39, 0.29) is 0 Å². The Morgan fingerprint density at radius 3 is 2.10 bits per heavy atom. The van der Waals surface area contributed by atoms with Crippen molar-refractivity contribution < 1.29 is 33.0 Å². The molecule has 0 spiro atoms. The Morgan fingerprint density at radius 2 is 1.70 bits per heavy atom. The molecular weight excluding hydrogens is 281 g/mol. The van der Waals surface area contributed by atoms with Crippen molar-refractivity contribution in [3.05, 3.63) is 29.6 Å². The van der Waals surface area contributed by atoms with Crippen LogP contribution >= 0.6 is 0 Å². The number of amides is 2. The van der Waals surface area contributed by atoms with E-state index >= 15 is 0 Å². The zero-order valence-electron chi connectivity index (χ0n) is 10.2. The molecule has 9 heteroatoms. The molecule has 0 radical (unpaired) electrons. The minimum atomic E-state index is -1.67. The fourth-order valence-electron chi connectivity index (χ4n) is 1.34. The lowest BCUT2D eigenvalue weighted by Crippen LogP contribution is -2.49. The molecule has 0 bridgehead atoms. The number of hydrogen-bond donors (Lipinski definition) is 4. The highest BCUT2D eigenvalue weighted by Gasteiger charge is 2.25. The summed E-state index contributed by atoms with van der Waals surface area (Å²) in [6, 6.07) is -2.23. The van der Waals surface area contributed by atoms with Crippen LogP contribution in [0.15, 0.2) is 12.1 Å². The number of halogens is 3. The Morgan fingerprint density at radius 1 is 1.20 bits per heavy atom. The maximum Gasteiger partial charge on any atom is 0.328 e. The normalized spacial score (nSPS) is 13.4. The maximum atomic E-state index is 13.2. The molecule has 0 saturated carbocycles. The number of nitrogens with one attached hydrogen (secondary N) is 2. The van der Waals surface area contributed by atoms with Gasteiger partial charge in [-0.2, -0.15) is 0 Å². The SMILES string of the molecule is CC(O)C(NC(=O)Nc1c(F)cc(F)cc1F)C(=O)O. The van der Waals surface area contributed by atoms with Gasteiger partial charge in [0.05, 0.1) is 6.10 Å². The van der Waals surface area contributed by atoms with Crippen LogP contribution in [0.3, 0.4) is 0 Å². The van der Waals surface area contributed by atoms with Gasteiger partial charge in [-0.3, -0.25) is 0 Å². The number of hydrogen-bond acceptors (Lipinski definition) is 3. The van der Waals surface area contributed by atoms with Gasteiger partial charge in [0.2, 0.25) is 0 Å². The second-order valence-corrected chi connectivity index (χ2v) is 3.90. The summed E-state index contributed by atoms with van der Waals surface area (Å²) >= 11 is 0. The van der Waals surface area contributed by atoms with E-state index in [1.807, 2.05) is 0 Å². The number of aliphatic hydroxyl groups is 1. The molecule has 20 heavy (non-hydrogen) atoms. The van der Waals surface area contributed by atoms with E-state index < -0.39 is 47.3 Å². The topological polar surface area (TPSA) is 98.7 Å². The van der Waals surface area contributed by atoms with Gasteiger partial charge in [0.15, 0.2) is 17.7 Å². The van der Waals surface area contributed by atoms with Crippen LogP contribution in [-0.4, -0.2) is 34.4 Å². The van der Waals surface area contributed by atoms with Crippen LogP contribution < -0.4 is 10.6 Å². The van der Waals surface area contributed by atoms with E-state index in [1.165, 1.54) is 0 Å². The van der Waals surface area contributed by atoms with Crippen LogP contribution in [-0.2, 0) is 4.79 Å². The standard InChI is InChI=1S/C11H11F3N2O4/c1-4(17)8(10(18)19)15-11(20)16-9-6(13)2-5(12)3-7(9)14/h2-4,8,17H,1H3,(H,18,19)(H2,15,16,20). The Bertz CT molecular complexity index is 513. The van der Waals surface area contributed by atoms with Crippen molar-refractivity contribution in [2.75, 3.05) is 5.32 Å². The summed E-state index contributed by atoms with van der Waals surface area (Å²) in [7, 11) is 0. The molecule has 0 heterocycles. The van der Waals surface area contributed by atoms with Crippen molar-refractivity contribution in [1.29, 1.82) is 0 Å². The van der Waals surface area contributed by atoms with Gasteiger partial charge in [-0.15, -0.1) is 0 Å². The van der Waals surface area contributed by atoms with Gasteiger partial charge >= 0.3 is 12.0 Å². The third-order valence-electron chi connectivity index (χ3n) is 2.28. The molecule has 0 aromatic heterocycles. The monoisotopic (exact) mass is 292 g/mol. The molecule has 4 N–H and O–H groups in total. The molecule has 0 fully saturated rings. The minimum Gasteiger partial charge on any atom is -0.480 e. The number of carboxylic acid groups (broad SMARTS) is 1. The summed E-state index contributed by atoms with van der Waals surface area (Å²) in [6.07, 6.45) is -1.43. The Kier molecular flexibility index (Phi) is 4.92. The Labute approximate surface area is 111 Å². The van der Waals surface area contributed by atoms with Crippen molar-refractivity contribution in [3.8, 4) is 0 Å². The van der Waals surface area contributed by atoms with Gasteiger partial charge in [-0.25, -0.2) is 22.8 Å². The second kappa shape index (κ2) is 6.24. The van der Waals surface area contributed by atoms with Gasteiger partial charge < -0.3 is 20.8 Å². The van der Waals surface area contributed by atoms with Crippen LogP contribution in [0.25, 0.3) is 0 Å². The van der Waals surface area contributed by atoms with Crippen LogP contribution in [0.1, 0.15) is 6.92 Å². The van der Waals surface area contributed by atoms with Crippen LogP contribution in [0, 0.1) is 17.5 Å². The first-order chi connectivity index (χ1) is 9.22. The molecule has 1 rings (SSSR count). The molecule has 2 unspecified atom stereocenters. The summed E-state index contributed by atoms with van der Waals surface area (Å²) < 4.78 is 39.1. The number of aliphatic carboxylic acids is 1. The lowest BCUT2D eigenvalue weighted by molar-refractivity contribution is -0.141. The third-order valence-corrected chi connectivity index (χ3v) is 2.28. The minimum absolute atomic E-state index is 0.349. The summed E-state index contributed by atoms with van der Waals surface area (Å²) in [5.41, 5.74) is -0.932. The smallest absolute Gasteiger partial charge is 0.328 e. The quantitative estimate of drug-likeness (QED) is 0.667. The van der Waals surface area contributed by atoms with E-state index in [4.69, 9.17) is 10.2 Å². The molecule has 2 atom stereocenters. The highest BCUT2D eigenvalue weighted by Crippen LogP contribution is 2.19. The third kappa shape index (κ3) is 3.85. The number of carbonyl (C=O) groups excluding carboxylic acids is 1. The van der Waals surface area contributed by atoms with Gasteiger partial charge in [0.25, 0.3) is 0 Å². The fourth-order valence-corrected chi connectivity index (χ4v) is 1.34. The molecule has 6 nitrogen and oxygen atoms in total. The second-order valence-electron chi connectivity index (χ2n) is 3.90. The number of carboxylic acids is 1. The number of carbonyl (C=O) groups is 2. The summed E-state index contributed by atoms with van der Waals surface area (Å²) in [5.74, 6) is -5.42. The molecular formula is C11H11F3N2O4. The largest absolute Gasteiger partial charge is 0.480 e. The lowest BCUT2D eigenvalue weighted by Gasteiger charge is -2.17. The van der Waals surface area contributed by atoms with Gasteiger partial charge in [-0.1, -0.05) is 0 Å². The average Bonchev–Trinajstić information content (AvgIpc) is 2.29. The lowest BCUT2D eigenvalue weighted by atomic mass is 10.2. The van der Waals surface area contributed by atoms with Crippen LogP contribution in [0.4, 0.5) is 23.7 Å². The van der Waals surface area contributed by atoms with Gasteiger partial charge in [0.1, 0.15) is 11.5 Å². The Balaban J connectivity index is 2.84. The van der Waals surface area contributed by atoms with Crippen molar-refractivity contribution >= 4 is 17.7 Å². The Hall–Kier alpha value is -2.29. The molecule has 1 aromatic rings. The first-order valence-electron chi connectivity index (χ1n) is 5.35. The number of urea groups is 1. The number of anilines is 1. The highest BCUT2D eigenvalue weighted by molar-refractivity contribution is 5.92. The maximum absolute atomic E-state index is 13.2. The molecule has 0 aliphatic heterocycles. The van der Waals surface area contributed by atoms with Crippen LogP contribution in [0.5, 0.6) is 0 Å². The molecule has 2 amide bonds. The first kappa shape index (κ1) is 15.8. The van der Waals surface area contributed by atoms with E-state index in [9.17, 15) is 22.8 Å². The van der Waals surface area contributed by atoms with Crippen molar-refractivity contribution in [2.45, 2.75) is 19.1 Å². The summed E-state index contributed by atoms with van der Waals surface area (Å²) in [5, 5.41) is 21.3. The highest BCUT2D eigenvalue weighted by atomic mass is 19.1. The number of benzene rings is 1. The van der Waals surface area contributed by atoms with Crippen molar-refractivity contribution in [3.63, 3.8) is 0 Å². The molecule has 0 aliphatic rings. The first-order valence-corrected chi connectivity index (χ1v) is 5.35. The molecule has 1 aromatic carbocycles. The zero-order valence-corrected chi connectivity index (χ0v) is 10.2. The summed E-state index contributed by atoms with van der Waals surface area (Å²) in [4.78, 5) is 22.1. The van der Waals surface area contributed by atoms with E-state index in [0.717, 1.165) is 6.92 Å². The van der Waals surface area contributed by atoms with Gasteiger partial charge in [-0.05, 0) is 6.92 Å². The molecule has 110 valence electrons. The predicted molar refractivity (Wildman–Crippen MR) is 61.6 cm³/mol. The number of aliphatic hydroxyl groups excluding tert-OH is 1. The van der Waals surface area contributed by atoms with Crippen LogP contribution in [0.2, 0.25) is 0 Å². The molecule has 0 saturated heterocycles. The average molecular weight is 292 g/mol. The summed E-state index contributed by atoms with van der Waals surface area (Å²) in [6.45, 7) is 1.11. The van der Waals surface area contributed by atoms with E-state index in [2.05, 4.69) is 0 Å². The van der Waals surface area contributed by atoms with E-state index in [0.29, 0.717) is 12.1 Å². The predicted octanol–water partition coefficient (Wildman–Crippen LogP) is 1.06. The molecule has 0 aliphatic carbocycles. The van der Waals surface area contributed by atoms with E-state index in [1.54, 1.807) is 10.6 Å². The van der Waals surface area contributed by atoms with Crippen molar-refractivity contribution in [2.24, 2.45) is 0 Å². The van der Waals surface area contributed by atoms with Crippen molar-refractivity contribution in [1.82, 2.24) is 5.32 Å². The van der Waals surface area contributed by atoms with Gasteiger partial charge in [0, 0.05) is 12.1 Å². The zero-order chi connectivity index (χ0) is 15.4. The number of rotatable bonds is 4.